The Hall–Kier alpha value is -3.55. The average Bonchev–Trinajstić information content (AvgIpc) is 3.18. The SMILES string of the molecule is COc1cc(NC(=O)C2CCN(c3nc4ccccc4o3)CC2)ccc1C(=O)O. The van der Waals surface area contributed by atoms with E-state index in [0.29, 0.717) is 37.6 Å². The highest BCUT2D eigenvalue weighted by molar-refractivity contribution is 5.95. The van der Waals surface area contributed by atoms with Crippen molar-refractivity contribution in [3.8, 4) is 5.75 Å². The lowest BCUT2D eigenvalue weighted by atomic mass is 9.96. The van der Waals surface area contributed by atoms with Crippen LogP contribution in [0.5, 0.6) is 5.75 Å². The van der Waals surface area contributed by atoms with Crippen LogP contribution in [0.2, 0.25) is 0 Å². The Morgan fingerprint density at radius 2 is 1.97 bits per heavy atom. The van der Waals surface area contributed by atoms with Gasteiger partial charge in [0.05, 0.1) is 7.11 Å². The molecule has 0 atom stereocenters. The van der Waals surface area contributed by atoms with Crippen molar-refractivity contribution in [3.63, 3.8) is 0 Å². The molecule has 1 fully saturated rings. The molecule has 1 amide bonds. The Kier molecular flexibility index (Phi) is 5.07. The van der Waals surface area contributed by atoms with E-state index >= 15 is 0 Å². The largest absolute Gasteiger partial charge is 0.496 e. The minimum Gasteiger partial charge on any atom is -0.496 e. The normalized spacial score (nSPS) is 14.7. The number of anilines is 2. The molecule has 2 N–H and O–H groups in total. The number of aromatic carboxylic acids is 1. The van der Waals surface area contributed by atoms with Gasteiger partial charge in [-0.25, -0.2) is 4.79 Å². The summed E-state index contributed by atoms with van der Waals surface area (Å²) in [5.74, 6) is -1.10. The fourth-order valence-electron chi connectivity index (χ4n) is 3.52. The third kappa shape index (κ3) is 3.87. The number of para-hydroxylation sites is 2. The van der Waals surface area contributed by atoms with Gasteiger partial charge in [-0.3, -0.25) is 4.79 Å². The molecular weight excluding hydrogens is 374 g/mol. The number of fused-ring (bicyclic) bond motifs is 1. The van der Waals surface area contributed by atoms with Gasteiger partial charge in [0.15, 0.2) is 5.58 Å². The van der Waals surface area contributed by atoms with E-state index in [1.807, 2.05) is 24.3 Å². The van der Waals surface area contributed by atoms with Crippen LogP contribution < -0.4 is 15.0 Å². The predicted molar refractivity (Wildman–Crippen MR) is 108 cm³/mol. The lowest BCUT2D eigenvalue weighted by Gasteiger charge is -2.30. The van der Waals surface area contributed by atoms with Crippen LogP contribution in [0.3, 0.4) is 0 Å². The van der Waals surface area contributed by atoms with Gasteiger partial charge >= 0.3 is 5.97 Å². The van der Waals surface area contributed by atoms with E-state index in [2.05, 4.69) is 15.2 Å². The monoisotopic (exact) mass is 395 g/mol. The molecule has 0 aliphatic carbocycles. The molecule has 150 valence electrons. The van der Waals surface area contributed by atoms with Crippen molar-refractivity contribution in [1.82, 2.24) is 4.98 Å². The average molecular weight is 395 g/mol. The number of amides is 1. The number of carboxylic acids is 1. The zero-order valence-corrected chi connectivity index (χ0v) is 15.9. The minimum atomic E-state index is -1.08. The molecule has 0 radical (unpaired) electrons. The number of methoxy groups -OCH3 is 1. The number of benzene rings is 2. The second kappa shape index (κ2) is 7.83. The Bertz CT molecular complexity index is 1020. The van der Waals surface area contributed by atoms with Crippen LogP contribution >= 0.6 is 0 Å². The lowest BCUT2D eigenvalue weighted by molar-refractivity contribution is -0.120. The Morgan fingerprint density at radius 1 is 1.21 bits per heavy atom. The fourth-order valence-corrected chi connectivity index (χ4v) is 3.52. The lowest BCUT2D eigenvalue weighted by Crippen LogP contribution is -2.38. The number of nitrogens with zero attached hydrogens (tertiary/aromatic N) is 2. The van der Waals surface area contributed by atoms with E-state index in [-0.39, 0.29) is 23.1 Å². The van der Waals surface area contributed by atoms with Crippen LogP contribution in [0.1, 0.15) is 23.2 Å². The predicted octanol–water partition coefficient (Wildman–Crippen LogP) is 3.39. The van der Waals surface area contributed by atoms with Gasteiger partial charge in [0.2, 0.25) is 5.91 Å². The molecule has 0 bridgehead atoms. The Morgan fingerprint density at radius 3 is 2.66 bits per heavy atom. The summed E-state index contributed by atoms with van der Waals surface area (Å²) in [7, 11) is 1.40. The first-order chi connectivity index (χ1) is 14.0. The van der Waals surface area contributed by atoms with Crippen LogP contribution in [-0.2, 0) is 4.79 Å². The number of rotatable bonds is 5. The molecule has 3 aromatic rings. The zero-order valence-electron chi connectivity index (χ0n) is 15.9. The zero-order chi connectivity index (χ0) is 20.4. The molecule has 0 saturated carbocycles. The summed E-state index contributed by atoms with van der Waals surface area (Å²) in [5.41, 5.74) is 2.14. The first kappa shape index (κ1) is 18.8. The summed E-state index contributed by atoms with van der Waals surface area (Å²) in [5, 5.41) is 12.0. The standard InChI is InChI=1S/C21H21N3O5/c1-28-18-12-14(6-7-15(18)20(26)27)22-19(25)13-8-10-24(11-9-13)21-23-16-4-2-3-5-17(16)29-21/h2-7,12-13H,8-11H2,1H3,(H,22,25)(H,26,27). The van der Waals surface area contributed by atoms with E-state index in [9.17, 15) is 9.59 Å². The number of carbonyl (C=O) groups excluding carboxylic acids is 1. The third-order valence-electron chi connectivity index (χ3n) is 5.12. The smallest absolute Gasteiger partial charge is 0.339 e. The number of oxazole rings is 1. The van der Waals surface area contributed by atoms with Crippen LogP contribution in [-0.4, -0.2) is 42.2 Å². The molecule has 29 heavy (non-hydrogen) atoms. The molecule has 0 unspecified atom stereocenters. The molecule has 0 spiro atoms. The van der Waals surface area contributed by atoms with Gasteiger partial charge in [0, 0.05) is 30.8 Å². The van der Waals surface area contributed by atoms with Crippen molar-refractivity contribution >= 4 is 34.7 Å². The maximum atomic E-state index is 12.6. The van der Waals surface area contributed by atoms with Crippen molar-refractivity contribution in [1.29, 1.82) is 0 Å². The van der Waals surface area contributed by atoms with Crippen LogP contribution in [0.25, 0.3) is 11.1 Å². The molecule has 1 saturated heterocycles. The molecular formula is C21H21N3O5. The van der Waals surface area contributed by atoms with Gasteiger partial charge < -0.3 is 24.5 Å². The summed E-state index contributed by atoms with van der Waals surface area (Å²) in [6.07, 6.45) is 1.35. The van der Waals surface area contributed by atoms with Crippen LogP contribution in [0.4, 0.5) is 11.7 Å². The number of ether oxygens (including phenoxy) is 1. The number of carbonyl (C=O) groups is 2. The van der Waals surface area contributed by atoms with Gasteiger partial charge in [-0.1, -0.05) is 12.1 Å². The topological polar surface area (TPSA) is 105 Å². The van der Waals surface area contributed by atoms with Crippen LogP contribution in [0, 0.1) is 5.92 Å². The summed E-state index contributed by atoms with van der Waals surface area (Å²) in [4.78, 5) is 30.4. The van der Waals surface area contributed by atoms with E-state index in [1.54, 1.807) is 6.07 Å². The van der Waals surface area contributed by atoms with E-state index in [0.717, 1.165) is 11.1 Å². The number of hydrogen-bond acceptors (Lipinski definition) is 6. The fraction of sp³-hybridized carbons (Fsp3) is 0.286. The molecule has 8 nitrogen and oxygen atoms in total. The Labute approximate surface area is 167 Å². The minimum absolute atomic E-state index is 0.0529. The second-order valence-electron chi connectivity index (χ2n) is 6.93. The van der Waals surface area contributed by atoms with Gasteiger partial charge in [0.25, 0.3) is 6.01 Å². The third-order valence-corrected chi connectivity index (χ3v) is 5.12. The molecule has 2 heterocycles. The highest BCUT2D eigenvalue weighted by Crippen LogP contribution is 2.28. The Balaban J connectivity index is 1.38. The van der Waals surface area contributed by atoms with E-state index in [1.165, 1.54) is 19.2 Å². The van der Waals surface area contributed by atoms with Gasteiger partial charge in [-0.05, 0) is 37.1 Å². The summed E-state index contributed by atoms with van der Waals surface area (Å²) in [6.45, 7) is 1.35. The highest BCUT2D eigenvalue weighted by Gasteiger charge is 2.27. The van der Waals surface area contributed by atoms with Crippen molar-refractivity contribution in [3.05, 3.63) is 48.0 Å². The second-order valence-corrected chi connectivity index (χ2v) is 6.93. The number of aromatic nitrogens is 1. The maximum absolute atomic E-state index is 12.6. The van der Waals surface area contributed by atoms with Crippen molar-refractivity contribution in [2.75, 3.05) is 30.4 Å². The van der Waals surface area contributed by atoms with Gasteiger partial charge in [-0.2, -0.15) is 4.98 Å². The number of piperidine rings is 1. The van der Waals surface area contributed by atoms with Crippen LogP contribution in [0.15, 0.2) is 46.9 Å². The summed E-state index contributed by atoms with van der Waals surface area (Å²) in [6, 6.07) is 12.7. The van der Waals surface area contributed by atoms with E-state index < -0.39 is 5.97 Å². The summed E-state index contributed by atoms with van der Waals surface area (Å²) >= 11 is 0. The molecule has 1 aliphatic rings. The highest BCUT2D eigenvalue weighted by atomic mass is 16.5. The van der Waals surface area contributed by atoms with Crippen molar-refractivity contribution < 1.29 is 23.8 Å². The first-order valence-electron chi connectivity index (χ1n) is 9.38. The molecule has 8 heteroatoms. The first-order valence-corrected chi connectivity index (χ1v) is 9.38. The quantitative estimate of drug-likeness (QED) is 0.682. The summed E-state index contributed by atoms with van der Waals surface area (Å²) < 4.78 is 10.9. The van der Waals surface area contributed by atoms with Gasteiger partial charge in [0.1, 0.15) is 16.8 Å². The number of carboxylic acid groups (broad SMARTS) is 1. The van der Waals surface area contributed by atoms with Crippen molar-refractivity contribution in [2.45, 2.75) is 12.8 Å². The molecule has 4 rings (SSSR count). The molecule has 2 aromatic carbocycles. The maximum Gasteiger partial charge on any atom is 0.339 e. The van der Waals surface area contributed by atoms with E-state index in [4.69, 9.17) is 14.3 Å². The van der Waals surface area contributed by atoms with Crippen molar-refractivity contribution in [2.24, 2.45) is 5.92 Å². The number of hydrogen-bond donors (Lipinski definition) is 2. The van der Waals surface area contributed by atoms with Gasteiger partial charge in [-0.15, -0.1) is 0 Å². The molecule has 1 aromatic heterocycles. The number of nitrogens with one attached hydrogen (secondary N) is 1. The molecule has 1 aliphatic heterocycles.